The number of hydrogen-bond acceptors (Lipinski definition) is 7. The molecule has 0 radical (unpaired) electrons. The molecular formula is C22H33O6PS. The van der Waals surface area contributed by atoms with E-state index in [2.05, 4.69) is 6.92 Å². The van der Waals surface area contributed by atoms with E-state index in [1.54, 1.807) is 30.3 Å². The molecule has 1 heterocycles. The van der Waals surface area contributed by atoms with Gasteiger partial charge in [0.05, 0.1) is 6.61 Å². The van der Waals surface area contributed by atoms with E-state index in [9.17, 15) is 14.2 Å². The van der Waals surface area contributed by atoms with Crippen LogP contribution in [0.2, 0.25) is 0 Å². The molecule has 0 N–H and O–H groups in total. The van der Waals surface area contributed by atoms with E-state index in [4.69, 9.17) is 13.8 Å². The minimum atomic E-state index is -3.97. The highest BCUT2D eigenvalue weighted by Gasteiger charge is 2.46. The summed E-state index contributed by atoms with van der Waals surface area (Å²) in [4.78, 5) is 24.2. The summed E-state index contributed by atoms with van der Waals surface area (Å²) in [5.74, 6) is 0.595. The third-order valence-corrected chi connectivity index (χ3v) is 7.47. The van der Waals surface area contributed by atoms with Crippen molar-refractivity contribution in [1.29, 1.82) is 0 Å². The number of carbonyl (C=O) groups excluding carboxylic acids is 2. The number of para-hydroxylation sites is 1. The Morgan fingerprint density at radius 1 is 1.03 bits per heavy atom. The van der Waals surface area contributed by atoms with Gasteiger partial charge >= 0.3 is 13.3 Å². The Kier molecular flexibility index (Phi) is 11.7. The van der Waals surface area contributed by atoms with Crippen molar-refractivity contribution in [2.24, 2.45) is 0 Å². The average Bonchev–Trinajstić information content (AvgIpc) is 3.14. The van der Waals surface area contributed by atoms with Crippen LogP contribution in [0, 0.1) is 0 Å². The van der Waals surface area contributed by atoms with E-state index in [-0.39, 0.29) is 17.5 Å². The lowest BCUT2D eigenvalue weighted by Crippen LogP contribution is -2.14. The van der Waals surface area contributed by atoms with Gasteiger partial charge in [-0.05, 0) is 18.6 Å². The van der Waals surface area contributed by atoms with E-state index in [1.807, 2.05) is 0 Å². The Balaban J connectivity index is 1.55. The summed E-state index contributed by atoms with van der Waals surface area (Å²) in [7, 11) is -3.97. The number of unbranched alkanes of at least 4 members (excludes halogenated alkanes) is 8. The maximum atomic E-state index is 12.5. The molecule has 2 atom stereocenters. The molecule has 6 nitrogen and oxygen atoms in total. The van der Waals surface area contributed by atoms with Crippen molar-refractivity contribution in [3.8, 4) is 5.75 Å². The Morgan fingerprint density at radius 3 is 2.33 bits per heavy atom. The van der Waals surface area contributed by atoms with Crippen molar-refractivity contribution in [1.82, 2.24) is 0 Å². The van der Waals surface area contributed by atoms with E-state index in [0.717, 1.165) is 24.6 Å². The fourth-order valence-corrected chi connectivity index (χ4v) is 5.38. The second-order valence-electron chi connectivity index (χ2n) is 7.46. The molecule has 1 saturated heterocycles. The van der Waals surface area contributed by atoms with Gasteiger partial charge in [0.15, 0.2) is 5.12 Å². The quantitative estimate of drug-likeness (QED) is 0.221. The summed E-state index contributed by atoms with van der Waals surface area (Å²) in [5.41, 5.74) is -1.03. The first-order valence-corrected chi connectivity index (χ1v) is 13.4. The molecule has 2 rings (SSSR count). The Hall–Kier alpha value is -1.14. The monoisotopic (exact) mass is 456 g/mol. The minimum absolute atomic E-state index is 0.0134. The molecule has 0 amide bonds. The molecule has 1 aromatic rings. The normalized spacial score (nSPS) is 20.9. The molecular weight excluding hydrogens is 423 g/mol. The van der Waals surface area contributed by atoms with Crippen LogP contribution in [0.1, 0.15) is 71.1 Å². The summed E-state index contributed by atoms with van der Waals surface area (Å²) in [6.45, 7) is 2.24. The van der Waals surface area contributed by atoms with Crippen LogP contribution in [0.5, 0.6) is 5.75 Å². The fourth-order valence-electron chi connectivity index (χ4n) is 3.10. The van der Waals surface area contributed by atoms with E-state index in [1.165, 1.54) is 44.9 Å². The summed E-state index contributed by atoms with van der Waals surface area (Å²) < 4.78 is 28.0. The number of benzene rings is 1. The molecule has 1 aliphatic rings. The molecule has 0 aromatic heterocycles. The van der Waals surface area contributed by atoms with E-state index < -0.39 is 19.4 Å². The smallest absolute Gasteiger partial charge is 0.417 e. The second kappa shape index (κ2) is 14.0. The average molecular weight is 457 g/mol. The Morgan fingerprint density at radius 2 is 1.67 bits per heavy atom. The van der Waals surface area contributed by atoms with Crippen molar-refractivity contribution >= 4 is 30.2 Å². The Bertz CT molecular complexity index is 696. The lowest BCUT2D eigenvalue weighted by Gasteiger charge is -2.10. The van der Waals surface area contributed by atoms with E-state index >= 15 is 0 Å². The van der Waals surface area contributed by atoms with Crippen LogP contribution in [0.15, 0.2) is 30.3 Å². The summed E-state index contributed by atoms with van der Waals surface area (Å²) in [6.07, 6.45) is 10.9. The molecule has 2 unspecified atom stereocenters. The first-order chi connectivity index (χ1) is 14.5. The topological polar surface area (TPSA) is 78.9 Å². The minimum Gasteiger partial charge on any atom is -0.417 e. The van der Waals surface area contributed by atoms with Gasteiger partial charge in [-0.25, -0.2) is 9.36 Å². The van der Waals surface area contributed by atoms with Gasteiger partial charge in [0.1, 0.15) is 11.9 Å². The van der Waals surface area contributed by atoms with Crippen molar-refractivity contribution in [3.63, 3.8) is 0 Å². The van der Waals surface area contributed by atoms with E-state index in [0.29, 0.717) is 12.2 Å². The van der Waals surface area contributed by atoms with Gasteiger partial charge in [0.2, 0.25) is 0 Å². The molecule has 0 aliphatic carbocycles. The van der Waals surface area contributed by atoms with Gasteiger partial charge in [-0.2, -0.15) is 0 Å². The zero-order valence-corrected chi connectivity index (χ0v) is 19.5. The predicted octanol–water partition coefficient (Wildman–Crippen LogP) is 6.97. The number of hydrogen-bond donors (Lipinski definition) is 0. The lowest BCUT2D eigenvalue weighted by atomic mass is 10.1. The van der Waals surface area contributed by atoms with Crippen molar-refractivity contribution in [2.75, 3.05) is 12.4 Å². The van der Waals surface area contributed by atoms with Crippen LogP contribution in [-0.4, -0.2) is 29.3 Å². The summed E-state index contributed by atoms with van der Waals surface area (Å²) >= 11 is 1.15. The SMILES string of the molecule is CCCCCCCCCCCC(=O)SCC1COP(=O)(C(=O)Oc2ccccc2)O1. The molecule has 168 valence electrons. The maximum Gasteiger partial charge on any atom is 0.439 e. The predicted molar refractivity (Wildman–Crippen MR) is 120 cm³/mol. The third kappa shape index (κ3) is 9.34. The van der Waals surface area contributed by atoms with Crippen LogP contribution in [0.4, 0.5) is 4.79 Å². The highest BCUT2D eigenvalue weighted by molar-refractivity contribution is 8.13. The van der Waals surface area contributed by atoms with Crippen LogP contribution in [0.25, 0.3) is 0 Å². The molecule has 1 fully saturated rings. The van der Waals surface area contributed by atoms with Gasteiger partial charge in [0.25, 0.3) is 0 Å². The van der Waals surface area contributed by atoms with Crippen LogP contribution in [0.3, 0.4) is 0 Å². The largest absolute Gasteiger partial charge is 0.439 e. The van der Waals surface area contributed by atoms with Crippen LogP contribution < -0.4 is 4.74 Å². The molecule has 1 aliphatic heterocycles. The lowest BCUT2D eigenvalue weighted by molar-refractivity contribution is -0.111. The molecule has 8 heteroatoms. The van der Waals surface area contributed by atoms with Gasteiger partial charge in [0, 0.05) is 12.2 Å². The zero-order chi connectivity index (χ0) is 21.7. The second-order valence-corrected chi connectivity index (χ2v) is 10.4. The fraction of sp³-hybridized carbons (Fsp3) is 0.636. The zero-order valence-electron chi connectivity index (χ0n) is 17.8. The number of ether oxygens (including phenoxy) is 1. The summed E-state index contributed by atoms with van der Waals surface area (Å²) in [5, 5.41) is 0.0927. The first kappa shape index (κ1) is 25.1. The van der Waals surface area contributed by atoms with Crippen molar-refractivity contribution < 1.29 is 27.9 Å². The van der Waals surface area contributed by atoms with Gasteiger partial charge < -0.3 is 4.74 Å². The number of thioether (sulfide) groups is 1. The van der Waals surface area contributed by atoms with Crippen molar-refractivity contribution in [3.05, 3.63) is 30.3 Å². The molecule has 0 bridgehead atoms. The maximum absolute atomic E-state index is 12.5. The van der Waals surface area contributed by atoms with Crippen molar-refractivity contribution in [2.45, 2.75) is 77.2 Å². The molecule has 0 spiro atoms. The molecule has 30 heavy (non-hydrogen) atoms. The highest BCUT2D eigenvalue weighted by atomic mass is 32.2. The first-order valence-electron chi connectivity index (χ1n) is 10.9. The standard InChI is InChI=1S/C22H33O6PS/c1-2-3-4-5-6-7-8-9-13-16-21(23)30-18-20-17-26-29(25,28-20)22(24)27-19-14-11-10-12-15-19/h10-12,14-15,20H,2-9,13,16-18H2,1H3. The third-order valence-electron chi connectivity index (χ3n) is 4.80. The molecule has 0 saturated carbocycles. The van der Waals surface area contributed by atoms with Gasteiger partial charge in [-0.3, -0.25) is 13.8 Å². The van der Waals surface area contributed by atoms with Crippen LogP contribution in [-0.2, 0) is 18.4 Å². The van der Waals surface area contributed by atoms with Gasteiger partial charge in [-0.15, -0.1) is 0 Å². The van der Waals surface area contributed by atoms with Crippen LogP contribution >= 0.6 is 19.4 Å². The summed E-state index contributed by atoms with van der Waals surface area (Å²) in [6, 6.07) is 8.35. The van der Waals surface area contributed by atoms with Gasteiger partial charge in [-0.1, -0.05) is 88.3 Å². The highest BCUT2D eigenvalue weighted by Crippen LogP contribution is 2.55. The Labute approximate surface area is 184 Å². The number of rotatable bonds is 14. The number of carbonyl (C=O) groups is 2. The molecule has 1 aromatic carbocycles.